The molecule has 0 bridgehead atoms. The summed E-state index contributed by atoms with van der Waals surface area (Å²) in [5, 5.41) is 8.86. The number of aldehydes is 1. The summed E-state index contributed by atoms with van der Waals surface area (Å²) in [6.45, 7) is 0. The first-order chi connectivity index (χ1) is 4.34. The van der Waals surface area contributed by atoms with E-state index in [2.05, 4.69) is 6.07 Å². The van der Waals surface area contributed by atoms with Gasteiger partial charge in [-0.2, -0.15) is 18.2 Å². The Morgan fingerprint density at radius 2 is 2.30 bits per heavy atom. The van der Waals surface area contributed by atoms with Crippen molar-refractivity contribution in [2.75, 3.05) is 0 Å². The zero-order chi connectivity index (χ0) is 6.69. The number of benzene rings is 1. The predicted octanol–water partition coefficient (Wildman–Crippen LogP) is 1.00. The summed E-state index contributed by atoms with van der Waals surface area (Å²) >= 11 is 0. The van der Waals surface area contributed by atoms with Crippen LogP contribution in [-0.2, 0) is 32.7 Å². The van der Waals surface area contributed by atoms with Gasteiger partial charge in [0.15, 0.2) is 0 Å². The van der Waals surface area contributed by atoms with Crippen LogP contribution in [-0.4, -0.2) is 11.4 Å². The van der Waals surface area contributed by atoms with Crippen molar-refractivity contribution < 1.29 is 42.6 Å². The number of hydrogen-bond acceptors (Lipinski definition) is 2. The van der Waals surface area contributed by atoms with E-state index in [4.69, 9.17) is 5.11 Å². The Kier molecular flexibility index (Phi) is 4.49. The molecule has 1 rings (SSSR count). The third-order valence-electron chi connectivity index (χ3n) is 0.999. The van der Waals surface area contributed by atoms with E-state index < -0.39 is 0 Å². The second-order valence-electron chi connectivity index (χ2n) is 1.60. The number of aromatic hydroxyl groups is 1. The fraction of sp³-hybridized carbons (Fsp3) is 0. The maximum atomic E-state index is 10.0. The Hall–Kier alpha value is -0.206. The van der Waals surface area contributed by atoms with Crippen LogP contribution in [0.4, 0.5) is 0 Å². The minimum absolute atomic E-state index is 0. The average molecular weight is 210 g/mol. The molecule has 0 unspecified atom stereocenters. The van der Waals surface area contributed by atoms with Crippen molar-refractivity contribution in [2.45, 2.75) is 0 Å². The van der Waals surface area contributed by atoms with Crippen LogP contribution in [0, 0.1) is 6.07 Å². The molecule has 0 aliphatic heterocycles. The summed E-state index contributed by atoms with van der Waals surface area (Å²) < 4.78 is 0. The number of phenols is 1. The Balaban J connectivity index is 0.000000810. The molecule has 1 aromatic carbocycles. The SMILES string of the molecule is O=Cc1c[c-]ccc1O.[Y]. The summed E-state index contributed by atoms with van der Waals surface area (Å²) in [5.74, 6) is 0.00347. The second-order valence-corrected chi connectivity index (χ2v) is 1.60. The molecule has 0 fully saturated rings. The zero-order valence-corrected chi connectivity index (χ0v) is 8.08. The van der Waals surface area contributed by atoms with Crippen molar-refractivity contribution in [2.24, 2.45) is 0 Å². The monoisotopic (exact) mass is 210 g/mol. The van der Waals surface area contributed by atoms with Crippen molar-refractivity contribution in [3.05, 3.63) is 29.8 Å². The largest absolute Gasteiger partial charge is 0.533 e. The van der Waals surface area contributed by atoms with Crippen LogP contribution in [0.25, 0.3) is 0 Å². The third-order valence-corrected chi connectivity index (χ3v) is 0.999. The fourth-order valence-electron chi connectivity index (χ4n) is 0.529. The zero-order valence-electron chi connectivity index (χ0n) is 5.24. The van der Waals surface area contributed by atoms with Crippen LogP contribution in [0.5, 0.6) is 5.75 Å². The fourth-order valence-corrected chi connectivity index (χ4v) is 0.529. The van der Waals surface area contributed by atoms with Crippen LogP contribution in [0.3, 0.4) is 0 Å². The van der Waals surface area contributed by atoms with E-state index in [1.54, 1.807) is 6.07 Å². The van der Waals surface area contributed by atoms with Gasteiger partial charge in [-0.1, -0.05) is 5.56 Å². The van der Waals surface area contributed by atoms with Crippen molar-refractivity contribution >= 4 is 6.29 Å². The normalized spacial score (nSPS) is 8.00. The van der Waals surface area contributed by atoms with Crippen molar-refractivity contribution in [3.63, 3.8) is 0 Å². The molecule has 0 saturated heterocycles. The third kappa shape index (κ3) is 2.20. The molecule has 0 atom stereocenters. The Labute approximate surface area is 84.1 Å². The van der Waals surface area contributed by atoms with E-state index in [9.17, 15) is 4.79 Å². The smallest absolute Gasteiger partial charge is 0.0985 e. The van der Waals surface area contributed by atoms with Gasteiger partial charge in [0.1, 0.15) is 0 Å². The summed E-state index contributed by atoms with van der Waals surface area (Å²) in [6, 6.07) is 7.06. The molecule has 0 aliphatic rings. The van der Waals surface area contributed by atoms with Crippen LogP contribution in [0.2, 0.25) is 0 Å². The van der Waals surface area contributed by atoms with Gasteiger partial charge in [-0.3, -0.25) is 0 Å². The topological polar surface area (TPSA) is 37.3 Å². The minimum Gasteiger partial charge on any atom is -0.533 e. The van der Waals surface area contributed by atoms with Gasteiger partial charge in [0.2, 0.25) is 0 Å². The second kappa shape index (κ2) is 4.58. The molecule has 3 heteroatoms. The van der Waals surface area contributed by atoms with Gasteiger partial charge in [0.25, 0.3) is 0 Å². The van der Waals surface area contributed by atoms with E-state index in [1.165, 1.54) is 12.1 Å². The van der Waals surface area contributed by atoms with Crippen LogP contribution < -0.4 is 0 Å². The minimum atomic E-state index is 0. The van der Waals surface area contributed by atoms with Gasteiger partial charge in [-0.05, 0) is 0 Å². The Bertz CT molecular complexity index is 223. The molecule has 49 valence electrons. The van der Waals surface area contributed by atoms with Gasteiger partial charge in [-0.25, -0.2) is 0 Å². The first kappa shape index (κ1) is 9.79. The number of phenolic OH excluding ortho intramolecular Hbond substituents is 1. The number of carbonyl (C=O) groups is 1. The Morgan fingerprint density at radius 1 is 1.60 bits per heavy atom. The van der Waals surface area contributed by atoms with Crippen LogP contribution in [0.15, 0.2) is 18.2 Å². The van der Waals surface area contributed by atoms with E-state index in [1.807, 2.05) is 0 Å². The molecular weight excluding hydrogens is 205 g/mol. The molecule has 1 aromatic rings. The predicted molar refractivity (Wildman–Crippen MR) is 32.3 cm³/mol. The van der Waals surface area contributed by atoms with E-state index in [0.717, 1.165) is 0 Å². The van der Waals surface area contributed by atoms with Gasteiger partial charge >= 0.3 is 0 Å². The summed E-state index contributed by atoms with van der Waals surface area (Å²) in [7, 11) is 0. The molecule has 0 heterocycles. The van der Waals surface area contributed by atoms with Crippen molar-refractivity contribution in [1.82, 2.24) is 0 Å². The summed E-state index contributed by atoms with van der Waals surface area (Å²) in [5.41, 5.74) is 0.275. The molecule has 0 spiro atoms. The standard InChI is InChI=1S/C7H5O2.Y/c8-5-6-3-1-2-4-7(6)9;/h2-5,9H;/q-1;. The quantitative estimate of drug-likeness (QED) is 0.554. The van der Waals surface area contributed by atoms with Crippen LogP contribution in [0.1, 0.15) is 10.4 Å². The number of rotatable bonds is 1. The van der Waals surface area contributed by atoms with E-state index >= 15 is 0 Å². The van der Waals surface area contributed by atoms with E-state index in [0.29, 0.717) is 6.29 Å². The van der Waals surface area contributed by atoms with Crippen LogP contribution >= 0.6 is 0 Å². The molecule has 0 aliphatic carbocycles. The molecule has 10 heavy (non-hydrogen) atoms. The van der Waals surface area contributed by atoms with Gasteiger partial charge < -0.3 is 9.90 Å². The van der Waals surface area contributed by atoms with Gasteiger partial charge in [0.05, 0.1) is 6.29 Å². The molecule has 1 N–H and O–H groups in total. The van der Waals surface area contributed by atoms with E-state index in [-0.39, 0.29) is 44.0 Å². The van der Waals surface area contributed by atoms with Crippen molar-refractivity contribution in [1.29, 1.82) is 0 Å². The average Bonchev–Trinajstić information content (AvgIpc) is 1.89. The first-order valence-corrected chi connectivity index (χ1v) is 2.49. The molecule has 0 aromatic heterocycles. The first-order valence-electron chi connectivity index (χ1n) is 2.49. The molecule has 0 saturated carbocycles. The molecule has 0 amide bonds. The summed E-state index contributed by atoms with van der Waals surface area (Å²) in [6.07, 6.45) is 0.589. The van der Waals surface area contributed by atoms with Gasteiger partial charge in [0, 0.05) is 38.5 Å². The Morgan fingerprint density at radius 3 is 2.70 bits per heavy atom. The number of hydrogen-bond donors (Lipinski definition) is 1. The maximum Gasteiger partial charge on any atom is 0.0985 e. The van der Waals surface area contributed by atoms with Crippen molar-refractivity contribution in [3.8, 4) is 5.75 Å². The molecule has 1 radical (unpaired) electrons. The number of carbonyl (C=O) groups excluding carboxylic acids is 1. The molecule has 2 nitrogen and oxygen atoms in total. The van der Waals surface area contributed by atoms with Gasteiger partial charge in [-0.15, -0.1) is 6.07 Å². The maximum absolute atomic E-state index is 10.0. The summed E-state index contributed by atoms with van der Waals surface area (Å²) in [4.78, 5) is 10.0. The molecular formula is C7H5O2Y-.